The summed E-state index contributed by atoms with van der Waals surface area (Å²) in [6.07, 6.45) is 0. The molecular weight excluding hydrogens is 533 g/mol. The largest absolute Gasteiger partial charge is 2.00 e. The molecule has 0 spiro atoms. The molecule has 0 bridgehead atoms. The van der Waals surface area contributed by atoms with Gasteiger partial charge < -0.3 is 2.85 Å². The molecule has 0 amide bonds. The van der Waals surface area contributed by atoms with Crippen LogP contribution >= 0.6 is 0 Å². The Hall–Kier alpha value is 5.52. The maximum Gasteiger partial charge on any atom is 2.00 e. The van der Waals surface area contributed by atoms with Gasteiger partial charge in [0.25, 0.3) is 0 Å². The van der Waals surface area contributed by atoms with Gasteiger partial charge >= 0.3 is 45.5 Å². The van der Waals surface area contributed by atoms with Crippen molar-refractivity contribution in [2.45, 2.75) is 0 Å². The second-order valence-corrected chi connectivity index (χ2v) is 0. The molecule has 0 aromatic heterocycles. The van der Waals surface area contributed by atoms with E-state index in [1.165, 1.54) is 0 Å². The van der Waals surface area contributed by atoms with Gasteiger partial charge in [0.15, 0.2) is 0 Å². The SMILES string of the molecule is [Er].[H-].[H-].[La].[Sr+2].[Ti].[Zr]. The van der Waals surface area contributed by atoms with Crippen LogP contribution in [-0.4, -0.2) is 45.5 Å². The molecule has 0 unspecified atom stereocenters. The molecule has 0 aliphatic heterocycles. The maximum atomic E-state index is 0. The molecule has 0 rings (SSSR count). The molecule has 0 aliphatic rings. The first kappa shape index (κ1) is 31.3. The van der Waals surface area contributed by atoms with Crippen LogP contribution < -0.4 is 0 Å². The van der Waals surface area contributed by atoms with Crippen LogP contribution in [-0.2, 0) is 47.9 Å². The molecule has 0 N–H and O–H groups in total. The molecule has 0 saturated carbocycles. The number of hydrogen-bond donors (Lipinski definition) is 0. The fraction of sp³-hybridized carbons (Fsp3) is 0. The van der Waals surface area contributed by atoms with Crippen LogP contribution in [0.25, 0.3) is 0 Å². The van der Waals surface area contributed by atoms with E-state index in [-0.39, 0.29) is 169 Å². The summed E-state index contributed by atoms with van der Waals surface area (Å²) in [5.74, 6) is 0. The Kier molecular flexibility index (Phi) is 142. The topological polar surface area (TPSA) is 0 Å². The summed E-state index contributed by atoms with van der Waals surface area (Å²) in [5.41, 5.74) is 0. The van der Waals surface area contributed by atoms with Gasteiger partial charge in [0, 0.05) is 121 Å². The molecule has 0 aromatic carbocycles. The van der Waals surface area contributed by atoms with Crippen molar-refractivity contribution in [2.24, 2.45) is 0 Å². The van der Waals surface area contributed by atoms with Crippen molar-refractivity contribution in [3.05, 3.63) is 0 Å². The summed E-state index contributed by atoms with van der Waals surface area (Å²) in [4.78, 5) is 0. The van der Waals surface area contributed by atoms with Gasteiger partial charge in [0.2, 0.25) is 0 Å². The number of rotatable bonds is 0. The minimum absolute atomic E-state index is 0. The summed E-state index contributed by atoms with van der Waals surface area (Å²) in [7, 11) is 0. The maximum absolute atomic E-state index is 0. The van der Waals surface area contributed by atoms with E-state index in [9.17, 15) is 0 Å². The van der Waals surface area contributed by atoms with E-state index in [0.29, 0.717) is 0 Å². The standard InChI is InChI=1S/Er.La.Sr.Ti.Zr.2H/q;;+2;;;2*-1. The molecule has 0 heterocycles. The predicted molar refractivity (Wildman–Crippen MR) is 7.98 cm³/mol. The molecule has 0 saturated heterocycles. The first-order valence-electron chi connectivity index (χ1n) is 0. The average molecular weight is 535 g/mol. The Bertz CT molecular complexity index is 17.7. The van der Waals surface area contributed by atoms with Gasteiger partial charge in [-0.1, -0.05) is 0 Å². The molecule has 0 atom stereocenters. The van der Waals surface area contributed by atoms with E-state index in [1.54, 1.807) is 0 Å². The van der Waals surface area contributed by atoms with Gasteiger partial charge in [0.1, 0.15) is 0 Å². The van der Waals surface area contributed by atoms with Crippen LogP contribution in [0.2, 0.25) is 0 Å². The summed E-state index contributed by atoms with van der Waals surface area (Å²) in [5, 5.41) is 0. The normalized spacial score (nSPS) is 0. The summed E-state index contributed by atoms with van der Waals surface area (Å²) >= 11 is 0. The Morgan fingerprint density at radius 3 is 1.20 bits per heavy atom. The minimum Gasteiger partial charge on any atom is -1.00 e. The summed E-state index contributed by atoms with van der Waals surface area (Å²) in [6, 6.07) is 0. The van der Waals surface area contributed by atoms with Crippen LogP contribution in [0.4, 0.5) is 0 Å². The third-order valence-electron chi connectivity index (χ3n) is 0. The molecule has 5 heteroatoms. The van der Waals surface area contributed by atoms with Crippen LogP contribution in [0, 0.1) is 72.9 Å². The second-order valence-electron chi connectivity index (χ2n) is 0. The zero-order valence-corrected chi connectivity index (χ0v) is 15.5. The average Bonchev–Trinajstić information content (AvgIpc) is 0. The molecule has 0 fully saturated rings. The number of hydrogen-bond acceptors (Lipinski definition) is 0. The zero-order chi connectivity index (χ0) is 0. The van der Waals surface area contributed by atoms with E-state index >= 15 is 0 Å². The Balaban J connectivity index is 0. The molecule has 0 aromatic rings. The van der Waals surface area contributed by atoms with Crippen molar-refractivity contribution in [3.63, 3.8) is 0 Å². The Morgan fingerprint density at radius 2 is 1.20 bits per heavy atom. The van der Waals surface area contributed by atoms with Gasteiger partial charge in [-0.15, -0.1) is 0 Å². The van der Waals surface area contributed by atoms with E-state index in [2.05, 4.69) is 0 Å². The van der Waals surface area contributed by atoms with Gasteiger partial charge in [-0.2, -0.15) is 0 Å². The summed E-state index contributed by atoms with van der Waals surface area (Å²) < 4.78 is 0. The first-order chi connectivity index (χ1) is 0. The molecular formula is H2ErLaSrTiZr. The predicted octanol–water partition coefficient (Wildman–Crippen LogP) is -0.161. The molecule has 1 radical (unpaired) electrons. The summed E-state index contributed by atoms with van der Waals surface area (Å²) in [6.45, 7) is 0. The van der Waals surface area contributed by atoms with Crippen molar-refractivity contribution in [3.8, 4) is 0 Å². The van der Waals surface area contributed by atoms with E-state index in [0.717, 1.165) is 0 Å². The third kappa shape index (κ3) is 17.7. The van der Waals surface area contributed by atoms with Crippen LogP contribution in [0.5, 0.6) is 0 Å². The second kappa shape index (κ2) is 22.7. The fourth-order valence-corrected chi connectivity index (χ4v) is 0. The van der Waals surface area contributed by atoms with Crippen molar-refractivity contribution in [1.82, 2.24) is 0 Å². The molecule has 27 valence electrons. The third-order valence-corrected chi connectivity index (χ3v) is 0. The van der Waals surface area contributed by atoms with Gasteiger partial charge in [-0.3, -0.25) is 0 Å². The first-order valence-corrected chi connectivity index (χ1v) is 0. The Morgan fingerprint density at radius 1 is 1.20 bits per heavy atom. The van der Waals surface area contributed by atoms with Crippen LogP contribution in [0.1, 0.15) is 2.85 Å². The van der Waals surface area contributed by atoms with Gasteiger partial charge in [0.05, 0.1) is 0 Å². The van der Waals surface area contributed by atoms with Crippen LogP contribution in [0.15, 0.2) is 0 Å². The van der Waals surface area contributed by atoms with Crippen molar-refractivity contribution in [1.29, 1.82) is 0 Å². The molecule has 0 aliphatic carbocycles. The zero-order valence-electron chi connectivity index (χ0n) is 4.57. The van der Waals surface area contributed by atoms with Crippen molar-refractivity contribution >= 4 is 45.5 Å². The van der Waals surface area contributed by atoms with Crippen molar-refractivity contribution in [2.75, 3.05) is 0 Å². The minimum atomic E-state index is 0. The molecule has 0 nitrogen and oxygen atoms in total. The van der Waals surface area contributed by atoms with E-state index in [4.69, 9.17) is 0 Å². The van der Waals surface area contributed by atoms with Crippen LogP contribution in [0.3, 0.4) is 0 Å². The quantitative estimate of drug-likeness (QED) is 0.379. The molecule has 5 heavy (non-hydrogen) atoms. The monoisotopic (exact) mass is 533 g/mol. The van der Waals surface area contributed by atoms with E-state index in [1.807, 2.05) is 0 Å². The fourth-order valence-electron chi connectivity index (χ4n) is 0. The van der Waals surface area contributed by atoms with Gasteiger partial charge in [-0.25, -0.2) is 0 Å². The van der Waals surface area contributed by atoms with Crippen molar-refractivity contribution < 1.29 is 124 Å². The Labute approximate surface area is 164 Å². The van der Waals surface area contributed by atoms with E-state index < -0.39 is 0 Å². The smallest absolute Gasteiger partial charge is 1.00 e. The van der Waals surface area contributed by atoms with Gasteiger partial charge in [-0.05, 0) is 0 Å².